The summed E-state index contributed by atoms with van der Waals surface area (Å²) in [6, 6.07) is 4.89. The normalized spacial score (nSPS) is 11.4. The van der Waals surface area contributed by atoms with Gasteiger partial charge in [0.1, 0.15) is 5.69 Å². The third-order valence-corrected chi connectivity index (χ3v) is 3.20. The first-order valence-electron chi connectivity index (χ1n) is 6.03. The van der Waals surface area contributed by atoms with Crippen LogP contribution >= 0.6 is 15.9 Å². The molecule has 0 saturated carbocycles. The first-order chi connectivity index (χ1) is 9.27. The van der Waals surface area contributed by atoms with Crippen molar-refractivity contribution in [3.05, 3.63) is 45.2 Å². The Bertz CT molecular complexity index is 646. The molecule has 0 unspecified atom stereocenters. The molecule has 0 fully saturated rings. The maximum atomic E-state index is 11.1. The Kier molecular flexibility index (Phi) is 3.80. The van der Waals surface area contributed by atoms with Gasteiger partial charge in [-0.05, 0) is 32.9 Å². The number of aromatic nitrogens is 2. The molecule has 1 aromatic heterocycles. The first-order valence-corrected chi connectivity index (χ1v) is 6.83. The Balaban J connectivity index is 2.31. The number of hydrogen-bond donors (Lipinski definition) is 1. The molecule has 0 saturated heterocycles. The number of benzene rings is 1. The van der Waals surface area contributed by atoms with Crippen LogP contribution in [0.15, 0.2) is 35.1 Å². The maximum absolute atomic E-state index is 11.1. The van der Waals surface area contributed by atoms with Gasteiger partial charge >= 0.3 is 0 Å². The molecule has 0 spiro atoms. The van der Waals surface area contributed by atoms with E-state index in [0.29, 0.717) is 15.8 Å². The summed E-state index contributed by atoms with van der Waals surface area (Å²) in [7, 11) is 0. The van der Waals surface area contributed by atoms with Gasteiger partial charge in [-0.1, -0.05) is 15.9 Å². The number of anilines is 2. The molecule has 6 nitrogen and oxygen atoms in total. The van der Waals surface area contributed by atoms with Crippen molar-refractivity contribution in [2.45, 2.75) is 26.3 Å². The summed E-state index contributed by atoms with van der Waals surface area (Å²) in [5.74, 6) is 0. The highest BCUT2D eigenvalue weighted by Crippen LogP contribution is 2.30. The summed E-state index contributed by atoms with van der Waals surface area (Å²) >= 11 is 3.23. The summed E-state index contributed by atoms with van der Waals surface area (Å²) in [5.41, 5.74) is 1.03. The molecule has 2 rings (SSSR count). The Morgan fingerprint density at radius 1 is 1.40 bits per heavy atom. The zero-order valence-corrected chi connectivity index (χ0v) is 13.0. The Morgan fingerprint density at radius 3 is 2.65 bits per heavy atom. The van der Waals surface area contributed by atoms with Crippen molar-refractivity contribution in [3.8, 4) is 0 Å². The lowest BCUT2D eigenvalue weighted by atomic mass is 10.1. The zero-order valence-electron chi connectivity index (χ0n) is 11.4. The van der Waals surface area contributed by atoms with Crippen molar-refractivity contribution in [1.82, 2.24) is 9.78 Å². The van der Waals surface area contributed by atoms with E-state index < -0.39 is 4.92 Å². The molecule has 106 valence electrons. The van der Waals surface area contributed by atoms with Crippen LogP contribution in [0.2, 0.25) is 0 Å². The van der Waals surface area contributed by atoms with Gasteiger partial charge in [0.2, 0.25) is 0 Å². The average molecular weight is 339 g/mol. The Hall–Kier alpha value is -1.89. The van der Waals surface area contributed by atoms with Gasteiger partial charge in [0.05, 0.1) is 22.3 Å². The quantitative estimate of drug-likeness (QED) is 0.676. The van der Waals surface area contributed by atoms with Crippen molar-refractivity contribution in [2.75, 3.05) is 5.32 Å². The van der Waals surface area contributed by atoms with Crippen LogP contribution in [0.5, 0.6) is 0 Å². The maximum Gasteiger partial charge on any atom is 0.293 e. The van der Waals surface area contributed by atoms with E-state index in [4.69, 9.17) is 0 Å². The van der Waals surface area contributed by atoms with E-state index in [9.17, 15) is 10.1 Å². The monoisotopic (exact) mass is 338 g/mol. The minimum atomic E-state index is -0.415. The van der Waals surface area contributed by atoms with Crippen LogP contribution in [0.25, 0.3) is 0 Å². The largest absolute Gasteiger partial charge is 0.347 e. The van der Waals surface area contributed by atoms with Gasteiger partial charge in [-0.15, -0.1) is 0 Å². The average Bonchev–Trinajstić information content (AvgIpc) is 2.79. The summed E-state index contributed by atoms with van der Waals surface area (Å²) in [4.78, 5) is 10.6. The standard InChI is InChI=1S/C13H15BrN4O2/c1-13(2,3)17-8-10(7-15-17)16-11-5-4-9(14)6-12(11)18(19)20/h4-8,16H,1-3H3. The molecule has 2 aromatic rings. The predicted molar refractivity (Wildman–Crippen MR) is 81.3 cm³/mol. The van der Waals surface area contributed by atoms with Crippen LogP contribution in [0.1, 0.15) is 20.8 Å². The minimum Gasteiger partial charge on any atom is -0.347 e. The third kappa shape index (κ3) is 3.16. The second kappa shape index (κ2) is 5.24. The highest BCUT2D eigenvalue weighted by atomic mass is 79.9. The lowest BCUT2D eigenvalue weighted by Gasteiger charge is -2.18. The highest BCUT2D eigenvalue weighted by molar-refractivity contribution is 9.10. The number of nitrogens with one attached hydrogen (secondary N) is 1. The van der Waals surface area contributed by atoms with Gasteiger partial charge in [-0.3, -0.25) is 14.8 Å². The molecular formula is C13H15BrN4O2. The van der Waals surface area contributed by atoms with E-state index in [2.05, 4.69) is 26.3 Å². The molecule has 0 aliphatic heterocycles. The number of halogens is 1. The molecule has 0 aliphatic carbocycles. The van der Waals surface area contributed by atoms with Crippen molar-refractivity contribution < 1.29 is 4.92 Å². The minimum absolute atomic E-state index is 0.0166. The van der Waals surface area contributed by atoms with Gasteiger partial charge in [0.15, 0.2) is 0 Å². The van der Waals surface area contributed by atoms with Crippen molar-refractivity contribution in [3.63, 3.8) is 0 Å². The third-order valence-electron chi connectivity index (χ3n) is 2.71. The van der Waals surface area contributed by atoms with Crippen LogP contribution in [-0.4, -0.2) is 14.7 Å². The Labute approximate surface area is 125 Å². The number of nitro groups is 1. The zero-order chi connectivity index (χ0) is 14.9. The molecule has 20 heavy (non-hydrogen) atoms. The van der Waals surface area contributed by atoms with Crippen molar-refractivity contribution in [1.29, 1.82) is 0 Å². The number of hydrogen-bond acceptors (Lipinski definition) is 4. The Morgan fingerprint density at radius 2 is 2.10 bits per heavy atom. The molecule has 0 bridgehead atoms. The number of nitro benzene ring substituents is 1. The second-order valence-corrected chi connectivity index (χ2v) is 6.30. The SMILES string of the molecule is CC(C)(C)n1cc(Nc2ccc(Br)cc2[N+](=O)[O-])cn1. The lowest BCUT2D eigenvalue weighted by molar-refractivity contribution is -0.384. The van der Waals surface area contributed by atoms with Crippen LogP contribution in [0.4, 0.5) is 17.1 Å². The van der Waals surface area contributed by atoms with E-state index in [1.165, 1.54) is 6.07 Å². The molecule has 0 atom stereocenters. The van der Waals surface area contributed by atoms with Gasteiger partial charge in [-0.25, -0.2) is 0 Å². The van der Waals surface area contributed by atoms with Crippen LogP contribution in [0.3, 0.4) is 0 Å². The topological polar surface area (TPSA) is 73.0 Å². The smallest absolute Gasteiger partial charge is 0.293 e. The number of nitrogens with zero attached hydrogens (tertiary/aromatic N) is 3. The summed E-state index contributed by atoms with van der Waals surface area (Å²) in [6.45, 7) is 6.10. The van der Waals surface area contributed by atoms with E-state index >= 15 is 0 Å². The van der Waals surface area contributed by atoms with Gasteiger partial charge < -0.3 is 5.32 Å². The molecule has 1 heterocycles. The molecule has 1 aromatic carbocycles. The number of rotatable bonds is 3. The van der Waals surface area contributed by atoms with Gasteiger partial charge in [-0.2, -0.15) is 5.10 Å². The highest BCUT2D eigenvalue weighted by Gasteiger charge is 2.17. The fourth-order valence-electron chi connectivity index (χ4n) is 1.67. The van der Waals surface area contributed by atoms with E-state index in [0.717, 1.165) is 0 Å². The van der Waals surface area contributed by atoms with Crippen molar-refractivity contribution in [2.24, 2.45) is 0 Å². The van der Waals surface area contributed by atoms with Gasteiger partial charge in [0.25, 0.3) is 5.69 Å². The van der Waals surface area contributed by atoms with E-state index in [-0.39, 0.29) is 11.2 Å². The van der Waals surface area contributed by atoms with Crippen LogP contribution < -0.4 is 5.32 Å². The summed E-state index contributed by atoms with van der Waals surface area (Å²) < 4.78 is 2.47. The second-order valence-electron chi connectivity index (χ2n) is 5.39. The lowest BCUT2D eigenvalue weighted by Crippen LogP contribution is -2.21. The van der Waals surface area contributed by atoms with Crippen LogP contribution in [-0.2, 0) is 5.54 Å². The molecule has 0 aliphatic rings. The van der Waals surface area contributed by atoms with E-state index in [1.54, 1.807) is 23.0 Å². The first kappa shape index (κ1) is 14.5. The summed E-state index contributed by atoms with van der Waals surface area (Å²) in [6.07, 6.45) is 3.47. The van der Waals surface area contributed by atoms with Crippen molar-refractivity contribution >= 4 is 33.0 Å². The van der Waals surface area contributed by atoms with Gasteiger partial charge in [0, 0.05) is 16.7 Å². The predicted octanol–water partition coefficient (Wildman–Crippen LogP) is 4.05. The van der Waals surface area contributed by atoms with Crippen LogP contribution in [0, 0.1) is 10.1 Å². The molecular weight excluding hydrogens is 324 g/mol. The molecule has 0 radical (unpaired) electrons. The fourth-order valence-corrected chi connectivity index (χ4v) is 2.02. The molecule has 1 N–H and O–H groups in total. The molecule has 7 heteroatoms. The van der Waals surface area contributed by atoms with E-state index in [1.807, 2.05) is 27.0 Å². The molecule has 0 amide bonds. The fraction of sp³-hybridized carbons (Fsp3) is 0.308. The summed E-state index contributed by atoms with van der Waals surface area (Å²) in [5, 5.41) is 18.3.